The summed E-state index contributed by atoms with van der Waals surface area (Å²) >= 11 is 0. The molecule has 0 N–H and O–H groups in total. The molecular formula is C47H81F6NO3Si2. The van der Waals surface area contributed by atoms with Gasteiger partial charge in [-0.2, -0.15) is 26.3 Å². The second-order valence-corrected chi connectivity index (χ2v) is 30.5. The Morgan fingerprint density at radius 2 is 1.15 bits per heavy atom. The molecule has 1 aromatic rings. The van der Waals surface area contributed by atoms with Gasteiger partial charge in [-0.25, -0.2) is 0 Å². The van der Waals surface area contributed by atoms with Crippen LogP contribution in [0, 0.1) is 0 Å². The van der Waals surface area contributed by atoms with Gasteiger partial charge in [0.25, 0.3) is 5.60 Å². The molecule has 0 unspecified atom stereocenters. The summed E-state index contributed by atoms with van der Waals surface area (Å²) in [6, 6.07) is 4.39. The van der Waals surface area contributed by atoms with Crippen LogP contribution < -0.4 is 0 Å². The monoisotopic (exact) mass is 878 g/mol. The van der Waals surface area contributed by atoms with Gasteiger partial charge in [0, 0.05) is 23.7 Å². The molecule has 4 nitrogen and oxygen atoms in total. The molecule has 2 saturated heterocycles. The lowest BCUT2D eigenvalue weighted by Gasteiger charge is -2.56. The van der Waals surface area contributed by atoms with E-state index in [9.17, 15) is 0 Å². The number of rotatable bonds is 21. The zero-order chi connectivity index (χ0) is 44.7. The molecule has 1 aromatic carbocycles. The molecule has 0 aliphatic carbocycles. The van der Waals surface area contributed by atoms with Crippen LogP contribution in [-0.2, 0) is 19.2 Å². The molecular weight excluding hydrogens is 797 g/mol. The van der Waals surface area contributed by atoms with Crippen LogP contribution in [0.2, 0.25) is 33.2 Å². The van der Waals surface area contributed by atoms with Crippen molar-refractivity contribution in [1.29, 1.82) is 0 Å². The molecule has 6 atom stereocenters. The summed E-state index contributed by atoms with van der Waals surface area (Å²) < 4.78 is 111. The highest BCUT2D eigenvalue weighted by Crippen LogP contribution is 2.55. The van der Waals surface area contributed by atoms with Crippen LogP contribution in [0.4, 0.5) is 26.3 Å². The fourth-order valence-corrected chi connectivity index (χ4v) is 22.8. The van der Waals surface area contributed by atoms with Crippen molar-refractivity contribution < 1.29 is 39.9 Å². The van der Waals surface area contributed by atoms with Gasteiger partial charge < -0.3 is 13.6 Å². The second kappa shape index (κ2) is 21.5. The highest BCUT2D eigenvalue weighted by Gasteiger charge is 2.74. The molecule has 0 radical (unpaired) electrons. The summed E-state index contributed by atoms with van der Waals surface area (Å²) in [6.45, 7) is 31.3. The van der Waals surface area contributed by atoms with Crippen LogP contribution >= 0.6 is 0 Å². The molecule has 0 saturated carbocycles. The van der Waals surface area contributed by atoms with Crippen LogP contribution in [0.3, 0.4) is 0 Å². The Morgan fingerprint density at radius 1 is 0.661 bits per heavy atom. The lowest BCUT2D eigenvalue weighted by atomic mass is 9.81. The van der Waals surface area contributed by atoms with Gasteiger partial charge in [-0.05, 0) is 72.3 Å². The normalized spacial score (nSPS) is 23.8. The molecule has 342 valence electrons. The lowest BCUT2D eigenvalue weighted by molar-refractivity contribution is -0.404. The zero-order valence-corrected chi connectivity index (χ0v) is 41.0. The van der Waals surface area contributed by atoms with Gasteiger partial charge in [-0.1, -0.05) is 165 Å². The van der Waals surface area contributed by atoms with Gasteiger partial charge in [-0.15, -0.1) is 0 Å². The SMILES string of the molecule is CCCCCCC[C@@H](/C=C/[C@@H]1CC[C@H](OC(c2ccccc2)(C(F)(F)F)C(F)(F)F)[C@H]2CC[C@@H](O[Si](C(C)C)(C(C)C)C(C)C)[C@H](C)N12)O[Si](C(C)C)(C(C)C)C(C)C. The van der Waals surface area contributed by atoms with E-state index in [4.69, 9.17) is 13.6 Å². The smallest absolute Gasteiger partial charge is 0.412 e. The average molecular weight is 878 g/mol. The number of benzene rings is 1. The summed E-state index contributed by atoms with van der Waals surface area (Å²) in [5.41, 5.74) is -3.33. The maximum atomic E-state index is 15.2. The first kappa shape index (κ1) is 52.2. The summed E-state index contributed by atoms with van der Waals surface area (Å²) in [7, 11) is -4.68. The molecule has 12 heteroatoms. The van der Waals surface area contributed by atoms with E-state index in [1.807, 2.05) is 0 Å². The minimum atomic E-state index is -5.75. The van der Waals surface area contributed by atoms with Crippen molar-refractivity contribution in [2.75, 3.05) is 0 Å². The van der Waals surface area contributed by atoms with Crippen molar-refractivity contribution in [3.05, 3.63) is 48.0 Å². The number of halogens is 6. The fraction of sp³-hybridized carbons (Fsp3) is 0.830. The summed E-state index contributed by atoms with van der Waals surface area (Å²) in [5, 5.41) is 0. The third-order valence-electron chi connectivity index (χ3n) is 14.3. The number of unbranched alkanes of at least 4 members (excludes halogenated alkanes) is 4. The first-order valence-corrected chi connectivity index (χ1v) is 27.3. The van der Waals surface area contributed by atoms with Crippen molar-refractivity contribution in [1.82, 2.24) is 4.90 Å². The van der Waals surface area contributed by atoms with E-state index in [1.54, 1.807) is 0 Å². The van der Waals surface area contributed by atoms with Crippen molar-refractivity contribution >= 4 is 16.6 Å². The molecule has 0 amide bonds. The van der Waals surface area contributed by atoms with Crippen molar-refractivity contribution in [2.45, 2.75) is 249 Å². The maximum absolute atomic E-state index is 15.2. The highest BCUT2D eigenvalue weighted by molar-refractivity contribution is 6.78. The number of nitrogens with zero attached hydrogens (tertiary/aromatic N) is 1. The first-order chi connectivity index (χ1) is 27.4. The Hall–Kier alpha value is -1.19. The molecule has 2 fully saturated rings. The van der Waals surface area contributed by atoms with E-state index in [1.165, 1.54) is 31.0 Å². The first-order valence-electron chi connectivity index (χ1n) is 23.0. The van der Waals surface area contributed by atoms with Crippen LogP contribution in [0.25, 0.3) is 0 Å². The molecule has 2 heterocycles. The summed E-state index contributed by atoms with van der Waals surface area (Å²) in [5.74, 6) is 0. The zero-order valence-electron chi connectivity index (χ0n) is 39.0. The van der Waals surface area contributed by atoms with Crippen molar-refractivity contribution in [2.24, 2.45) is 0 Å². The van der Waals surface area contributed by atoms with Gasteiger partial charge in [0.05, 0.1) is 18.3 Å². The molecule has 0 aromatic heterocycles. The topological polar surface area (TPSA) is 30.9 Å². The van der Waals surface area contributed by atoms with E-state index in [0.717, 1.165) is 37.8 Å². The average Bonchev–Trinajstić information content (AvgIpc) is 3.12. The Bertz CT molecular complexity index is 1360. The number of fused-ring (bicyclic) bond motifs is 1. The van der Waals surface area contributed by atoms with Crippen LogP contribution in [0.1, 0.15) is 167 Å². The minimum absolute atomic E-state index is 0.0586. The number of piperidine rings is 2. The Kier molecular flexibility index (Phi) is 19.0. The van der Waals surface area contributed by atoms with Gasteiger partial charge in [0.1, 0.15) is 0 Å². The molecule has 2 aliphatic rings. The summed E-state index contributed by atoms with van der Waals surface area (Å²) in [6.07, 6.45) is -0.988. The van der Waals surface area contributed by atoms with E-state index in [-0.39, 0.29) is 30.7 Å². The molecule has 59 heavy (non-hydrogen) atoms. The quantitative estimate of drug-likeness (QED) is 0.0533. The van der Waals surface area contributed by atoms with E-state index in [0.29, 0.717) is 52.5 Å². The number of ether oxygens (including phenoxy) is 1. The van der Waals surface area contributed by atoms with E-state index >= 15 is 26.3 Å². The van der Waals surface area contributed by atoms with Gasteiger partial charge >= 0.3 is 12.4 Å². The Morgan fingerprint density at radius 3 is 1.63 bits per heavy atom. The number of alkyl halides is 6. The second-order valence-electron chi connectivity index (χ2n) is 19.7. The Labute approximate surface area is 357 Å². The summed E-state index contributed by atoms with van der Waals surface area (Å²) in [4.78, 5) is 2.18. The fourth-order valence-electron chi connectivity index (χ4n) is 11.6. The largest absolute Gasteiger partial charge is 0.430 e. The lowest BCUT2D eigenvalue weighted by Crippen LogP contribution is -2.67. The van der Waals surface area contributed by atoms with Crippen LogP contribution in [-0.4, -0.2) is 70.3 Å². The van der Waals surface area contributed by atoms with E-state index in [2.05, 4.69) is 114 Å². The van der Waals surface area contributed by atoms with Crippen LogP contribution in [0.15, 0.2) is 42.5 Å². The standard InChI is InChI=1S/C47H81F6NO3Si2/c1-15-16-17-18-22-25-41(56-58(32(2)3,33(4)5)34(6)7)28-26-40-27-30-44(55-45(46(48,49)50,47(51,52)53)39-23-20-19-21-24-39)42-29-31-43(38(14)54(40)42)57-59(35(8)9,36(10)11)37(12)13/h19-21,23-24,26,28,32-38,40-44H,15-18,22,25,27,29-31H2,1-14H3/b28-26+/t38-,40+,41-,42+,43+,44-/m0/s1. The third-order valence-corrected chi connectivity index (χ3v) is 26.5. The van der Waals surface area contributed by atoms with Gasteiger partial charge in [0.15, 0.2) is 0 Å². The third kappa shape index (κ3) is 11.1. The van der Waals surface area contributed by atoms with E-state index < -0.39 is 52.3 Å². The van der Waals surface area contributed by atoms with Crippen molar-refractivity contribution in [3.63, 3.8) is 0 Å². The predicted molar refractivity (Wildman–Crippen MR) is 237 cm³/mol. The predicted octanol–water partition coefficient (Wildman–Crippen LogP) is 15.4. The number of hydrogen-bond acceptors (Lipinski definition) is 4. The molecule has 2 aliphatic heterocycles. The number of hydrogen-bond donors (Lipinski definition) is 0. The minimum Gasteiger partial charge on any atom is -0.412 e. The van der Waals surface area contributed by atoms with Crippen molar-refractivity contribution in [3.8, 4) is 0 Å². The molecule has 3 rings (SSSR count). The molecule has 0 spiro atoms. The van der Waals surface area contributed by atoms with Crippen LogP contribution in [0.5, 0.6) is 0 Å². The Balaban J connectivity index is 2.17. The van der Waals surface area contributed by atoms with Gasteiger partial charge in [0.2, 0.25) is 16.6 Å². The molecule has 0 bridgehead atoms. The van der Waals surface area contributed by atoms with Gasteiger partial charge in [-0.3, -0.25) is 4.90 Å². The highest BCUT2D eigenvalue weighted by atomic mass is 28.4. The maximum Gasteiger partial charge on any atom is 0.430 e.